The Morgan fingerprint density at radius 1 is 1.17 bits per heavy atom. The highest BCUT2D eigenvalue weighted by Crippen LogP contribution is 2.36. The fraction of sp³-hybridized carbons (Fsp3) is 0.923. The Kier molecular flexibility index (Phi) is 6.08. The van der Waals surface area contributed by atoms with Crippen LogP contribution in [0.1, 0.15) is 32.1 Å². The van der Waals surface area contributed by atoms with Crippen LogP contribution in [-0.4, -0.2) is 53.8 Å². The Balaban J connectivity index is 1.69. The van der Waals surface area contributed by atoms with Crippen molar-refractivity contribution in [1.29, 1.82) is 0 Å². The lowest BCUT2D eigenvalue weighted by Gasteiger charge is -2.26. The van der Waals surface area contributed by atoms with Gasteiger partial charge in [-0.15, -0.1) is 0 Å². The maximum Gasteiger partial charge on any atom is 0.122 e. The molecule has 0 radical (unpaired) electrons. The highest BCUT2D eigenvalue weighted by molar-refractivity contribution is 14.1. The molecule has 4 nitrogen and oxygen atoms in total. The molecule has 1 aliphatic heterocycles. The summed E-state index contributed by atoms with van der Waals surface area (Å²) in [5.74, 6) is 0. The van der Waals surface area contributed by atoms with Gasteiger partial charge in [0, 0.05) is 19.6 Å². The Morgan fingerprint density at radius 3 is 2.61 bits per heavy atom. The summed E-state index contributed by atoms with van der Waals surface area (Å²) in [4.78, 5) is 11.2. The summed E-state index contributed by atoms with van der Waals surface area (Å²) in [5, 5.41) is 0. The molecular weight excluding hydrogens is 341 g/mol. The summed E-state index contributed by atoms with van der Waals surface area (Å²) < 4.78 is 5.39. The molecule has 18 heavy (non-hydrogen) atoms. The molecule has 1 heterocycles. The maximum absolute atomic E-state index is 5.31. The first-order valence-electron chi connectivity index (χ1n) is 6.91. The standard InChI is InChI=1S/C13H22IN3O/c14-13(4-2-1-3-5-13)16-12-15-6-7-17-8-10-18-11-9-17/h1-11H2. The SMILES string of the molecule is IC1(N=C=NCCN2CCOCC2)CCCCC1. The van der Waals surface area contributed by atoms with Gasteiger partial charge in [0.2, 0.25) is 0 Å². The van der Waals surface area contributed by atoms with Crippen molar-refractivity contribution in [3.05, 3.63) is 0 Å². The monoisotopic (exact) mass is 363 g/mol. The zero-order valence-electron chi connectivity index (χ0n) is 10.9. The van der Waals surface area contributed by atoms with Gasteiger partial charge in [-0.1, -0.05) is 41.9 Å². The van der Waals surface area contributed by atoms with Crippen LogP contribution in [0.5, 0.6) is 0 Å². The molecule has 102 valence electrons. The summed E-state index contributed by atoms with van der Waals surface area (Å²) in [6.45, 7) is 5.57. The van der Waals surface area contributed by atoms with Crippen molar-refractivity contribution in [2.45, 2.75) is 35.6 Å². The molecule has 2 rings (SSSR count). The summed E-state index contributed by atoms with van der Waals surface area (Å²) in [6.07, 6.45) is 6.30. The van der Waals surface area contributed by atoms with Crippen LogP contribution < -0.4 is 0 Å². The Bertz CT molecular complexity index is 303. The van der Waals surface area contributed by atoms with Gasteiger partial charge in [0.25, 0.3) is 0 Å². The van der Waals surface area contributed by atoms with E-state index in [2.05, 4.69) is 43.5 Å². The van der Waals surface area contributed by atoms with Crippen molar-refractivity contribution in [2.75, 3.05) is 39.4 Å². The first kappa shape index (κ1) is 14.4. The minimum absolute atomic E-state index is 0.0818. The van der Waals surface area contributed by atoms with Crippen LogP contribution in [0.25, 0.3) is 0 Å². The second kappa shape index (κ2) is 7.58. The molecule has 0 aromatic heterocycles. The van der Waals surface area contributed by atoms with Crippen molar-refractivity contribution in [1.82, 2.24) is 4.90 Å². The summed E-state index contributed by atoms with van der Waals surface area (Å²) in [6, 6.07) is 2.92. The Hall–Kier alpha value is 0.0300. The molecule has 0 spiro atoms. The smallest absolute Gasteiger partial charge is 0.122 e. The first-order chi connectivity index (χ1) is 8.79. The summed E-state index contributed by atoms with van der Waals surface area (Å²) >= 11 is 2.47. The van der Waals surface area contributed by atoms with Gasteiger partial charge in [0.1, 0.15) is 3.55 Å². The number of alkyl halides is 1. The van der Waals surface area contributed by atoms with E-state index >= 15 is 0 Å². The number of hydrogen-bond acceptors (Lipinski definition) is 4. The number of ether oxygens (including phenoxy) is 1. The average Bonchev–Trinajstić information content (AvgIpc) is 2.40. The van der Waals surface area contributed by atoms with Crippen LogP contribution in [0.15, 0.2) is 9.98 Å². The molecule has 1 saturated carbocycles. The van der Waals surface area contributed by atoms with Crippen molar-refractivity contribution < 1.29 is 4.74 Å². The maximum atomic E-state index is 5.31. The molecule has 2 aliphatic rings. The lowest BCUT2D eigenvalue weighted by atomic mass is 9.96. The van der Waals surface area contributed by atoms with Crippen molar-refractivity contribution in [3.8, 4) is 0 Å². The Labute approximate surface area is 123 Å². The number of nitrogens with zero attached hydrogens (tertiary/aromatic N) is 3. The van der Waals surface area contributed by atoms with E-state index in [0.29, 0.717) is 0 Å². The minimum Gasteiger partial charge on any atom is -0.379 e. The van der Waals surface area contributed by atoms with Crippen LogP contribution >= 0.6 is 22.6 Å². The van der Waals surface area contributed by atoms with Crippen LogP contribution in [-0.2, 0) is 4.74 Å². The number of aliphatic imine (C=N–C) groups is 2. The van der Waals surface area contributed by atoms with E-state index in [0.717, 1.165) is 39.4 Å². The number of morpholine rings is 1. The highest BCUT2D eigenvalue weighted by atomic mass is 127. The molecule has 0 bridgehead atoms. The predicted molar refractivity (Wildman–Crippen MR) is 81.8 cm³/mol. The average molecular weight is 363 g/mol. The molecule has 1 saturated heterocycles. The van der Waals surface area contributed by atoms with E-state index in [4.69, 9.17) is 4.74 Å². The lowest BCUT2D eigenvalue weighted by Crippen LogP contribution is -2.37. The first-order valence-corrected chi connectivity index (χ1v) is 7.99. The largest absolute Gasteiger partial charge is 0.379 e. The van der Waals surface area contributed by atoms with Crippen molar-refractivity contribution >= 4 is 28.6 Å². The van der Waals surface area contributed by atoms with E-state index in [1.165, 1.54) is 32.1 Å². The molecule has 0 amide bonds. The second-order valence-electron chi connectivity index (χ2n) is 5.03. The van der Waals surface area contributed by atoms with Crippen molar-refractivity contribution in [3.63, 3.8) is 0 Å². The number of hydrogen-bond donors (Lipinski definition) is 0. The van der Waals surface area contributed by atoms with Crippen LogP contribution in [0.3, 0.4) is 0 Å². The van der Waals surface area contributed by atoms with Gasteiger partial charge in [-0.2, -0.15) is 0 Å². The molecule has 0 atom stereocenters. The number of halogens is 1. The molecule has 0 N–H and O–H groups in total. The third kappa shape index (κ3) is 4.96. The van der Waals surface area contributed by atoms with Gasteiger partial charge in [-0.25, -0.2) is 9.98 Å². The zero-order chi connectivity index (χ0) is 12.7. The predicted octanol–water partition coefficient (Wildman–Crippen LogP) is 2.59. The fourth-order valence-electron chi connectivity index (χ4n) is 2.40. The topological polar surface area (TPSA) is 37.2 Å². The molecule has 0 aromatic carbocycles. The van der Waals surface area contributed by atoms with E-state index in [1.807, 2.05) is 0 Å². The molecule has 0 aromatic rings. The fourth-order valence-corrected chi connectivity index (χ4v) is 3.27. The van der Waals surface area contributed by atoms with E-state index in [-0.39, 0.29) is 3.55 Å². The number of rotatable bonds is 4. The van der Waals surface area contributed by atoms with Crippen LogP contribution in [0, 0.1) is 0 Å². The van der Waals surface area contributed by atoms with E-state index in [1.54, 1.807) is 0 Å². The summed E-state index contributed by atoms with van der Waals surface area (Å²) in [5.41, 5.74) is 0. The van der Waals surface area contributed by atoms with Crippen molar-refractivity contribution in [2.24, 2.45) is 9.98 Å². The normalized spacial score (nSPS) is 24.3. The molecular formula is C13H22IN3O. The molecule has 5 heteroatoms. The van der Waals surface area contributed by atoms with Gasteiger partial charge in [-0.05, 0) is 12.8 Å². The zero-order valence-corrected chi connectivity index (χ0v) is 13.1. The Morgan fingerprint density at radius 2 is 1.89 bits per heavy atom. The highest BCUT2D eigenvalue weighted by Gasteiger charge is 2.27. The van der Waals surface area contributed by atoms with Crippen LogP contribution in [0.2, 0.25) is 0 Å². The minimum atomic E-state index is 0.0818. The van der Waals surface area contributed by atoms with Gasteiger partial charge in [0.15, 0.2) is 0 Å². The van der Waals surface area contributed by atoms with Gasteiger partial charge < -0.3 is 4.74 Å². The van der Waals surface area contributed by atoms with E-state index in [9.17, 15) is 0 Å². The van der Waals surface area contributed by atoms with Gasteiger partial charge in [-0.3, -0.25) is 4.90 Å². The molecule has 1 aliphatic carbocycles. The van der Waals surface area contributed by atoms with Gasteiger partial charge >= 0.3 is 0 Å². The van der Waals surface area contributed by atoms with Gasteiger partial charge in [0.05, 0.1) is 25.8 Å². The molecule has 2 fully saturated rings. The quantitative estimate of drug-likeness (QED) is 0.333. The third-order valence-electron chi connectivity index (χ3n) is 3.57. The second-order valence-corrected chi connectivity index (χ2v) is 7.03. The molecule has 0 unspecified atom stereocenters. The lowest BCUT2D eigenvalue weighted by molar-refractivity contribution is 0.0395. The van der Waals surface area contributed by atoms with E-state index < -0.39 is 0 Å². The van der Waals surface area contributed by atoms with Crippen LogP contribution in [0.4, 0.5) is 0 Å². The third-order valence-corrected chi connectivity index (χ3v) is 4.89. The summed E-state index contributed by atoms with van der Waals surface area (Å²) in [7, 11) is 0.